The molecule has 20 heavy (non-hydrogen) atoms. The third-order valence-corrected chi connectivity index (χ3v) is 2.86. The van der Waals surface area contributed by atoms with E-state index in [0.29, 0.717) is 0 Å². The number of ether oxygens (including phenoxy) is 1. The molecule has 1 aliphatic rings. The van der Waals surface area contributed by atoms with Gasteiger partial charge in [-0.3, -0.25) is 4.79 Å². The summed E-state index contributed by atoms with van der Waals surface area (Å²) < 4.78 is 42.4. The molecule has 2 amide bonds. The molecule has 0 saturated carbocycles. The molecule has 5 nitrogen and oxygen atoms in total. The van der Waals surface area contributed by atoms with Gasteiger partial charge in [-0.2, -0.15) is 13.2 Å². The quantitative estimate of drug-likeness (QED) is 0.881. The maximum atomic E-state index is 12.6. The van der Waals surface area contributed by atoms with Gasteiger partial charge in [0, 0.05) is 5.69 Å². The van der Waals surface area contributed by atoms with Crippen LogP contribution in [0.25, 0.3) is 0 Å². The molecule has 1 aromatic rings. The van der Waals surface area contributed by atoms with Crippen molar-refractivity contribution in [3.05, 3.63) is 28.8 Å². The second kappa shape index (κ2) is 5.20. The fourth-order valence-electron chi connectivity index (χ4n) is 1.58. The Morgan fingerprint density at radius 3 is 2.70 bits per heavy atom. The minimum absolute atomic E-state index is 0.0760. The van der Waals surface area contributed by atoms with E-state index in [1.807, 2.05) is 0 Å². The number of carbonyl (C=O) groups is 2. The standard InChI is InChI=1S/C11H8ClF3N2O3/c12-7-2-1-5(3-6(7)11(13,14)15)16-9(18)8-4-20-10(19)17-8/h1-3,8H,4H2,(H,16,18)(H,17,19). The highest BCUT2D eigenvalue weighted by molar-refractivity contribution is 6.31. The lowest BCUT2D eigenvalue weighted by Gasteiger charge is -2.13. The van der Waals surface area contributed by atoms with Crippen LogP contribution < -0.4 is 10.6 Å². The van der Waals surface area contributed by atoms with Crippen LogP contribution in [0.2, 0.25) is 5.02 Å². The van der Waals surface area contributed by atoms with Crippen LogP contribution >= 0.6 is 11.6 Å². The molecule has 0 aromatic heterocycles. The summed E-state index contributed by atoms with van der Waals surface area (Å²) in [7, 11) is 0. The lowest BCUT2D eigenvalue weighted by molar-refractivity contribution is -0.137. The fourth-order valence-corrected chi connectivity index (χ4v) is 1.80. The highest BCUT2D eigenvalue weighted by Crippen LogP contribution is 2.36. The molecule has 1 fully saturated rings. The van der Waals surface area contributed by atoms with Crippen molar-refractivity contribution in [2.24, 2.45) is 0 Å². The van der Waals surface area contributed by atoms with E-state index in [0.717, 1.165) is 12.1 Å². The lowest BCUT2D eigenvalue weighted by Crippen LogP contribution is -2.38. The first kappa shape index (κ1) is 14.4. The third kappa shape index (κ3) is 3.13. The number of nitrogens with one attached hydrogen (secondary N) is 2. The van der Waals surface area contributed by atoms with E-state index in [1.165, 1.54) is 6.07 Å². The van der Waals surface area contributed by atoms with Gasteiger partial charge in [-0.1, -0.05) is 11.6 Å². The van der Waals surface area contributed by atoms with E-state index in [-0.39, 0.29) is 12.3 Å². The number of carbonyl (C=O) groups excluding carboxylic acids is 2. The number of hydrogen-bond donors (Lipinski definition) is 2. The van der Waals surface area contributed by atoms with Crippen LogP contribution in [0.1, 0.15) is 5.56 Å². The smallest absolute Gasteiger partial charge is 0.417 e. The maximum absolute atomic E-state index is 12.6. The van der Waals surface area contributed by atoms with E-state index in [4.69, 9.17) is 11.6 Å². The van der Waals surface area contributed by atoms with Gasteiger partial charge in [0.15, 0.2) is 0 Å². The van der Waals surface area contributed by atoms with Crippen molar-refractivity contribution in [3.8, 4) is 0 Å². The van der Waals surface area contributed by atoms with E-state index < -0.39 is 34.8 Å². The van der Waals surface area contributed by atoms with E-state index in [9.17, 15) is 22.8 Å². The van der Waals surface area contributed by atoms with Crippen molar-refractivity contribution in [2.45, 2.75) is 12.2 Å². The van der Waals surface area contributed by atoms with Gasteiger partial charge in [-0.05, 0) is 18.2 Å². The summed E-state index contributed by atoms with van der Waals surface area (Å²) in [6.45, 7) is -0.176. The molecule has 9 heteroatoms. The summed E-state index contributed by atoms with van der Waals surface area (Å²) in [5, 5.41) is 4.00. The molecule has 0 aliphatic carbocycles. The number of hydrogen-bond acceptors (Lipinski definition) is 3. The van der Waals surface area contributed by atoms with Crippen molar-refractivity contribution in [1.29, 1.82) is 0 Å². The fraction of sp³-hybridized carbons (Fsp3) is 0.273. The topological polar surface area (TPSA) is 67.4 Å². The lowest BCUT2D eigenvalue weighted by atomic mass is 10.2. The Labute approximate surface area is 116 Å². The minimum Gasteiger partial charge on any atom is -0.447 e. The zero-order valence-corrected chi connectivity index (χ0v) is 10.5. The molecule has 1 aromatic carbocycles. The molecule has 1 atom stereocenters. The van der Waals surface area contributed by atoms with Gasteiger partial charge < -0.3 is 15.4 Å². The molecule has 1 aliphatic heterocycles. The average Bonchev–Trinajstić information content (AvgIpc) is 2.77. The SMILES string of the molecule is O=C1NC(C(=O)Nc2ccc(Cl)c(C(F)(F)F)c2)CO1. The molecule has 0 bridgehead atoms. The van der Waals surface area contributed by atoms with Gasteiger partial charge in [0.2, 0.25) is 0 Å². The first-order chi connectivity index (χ1) is 9.27. The molecule has 2 N–H and O–H groups in total. The summed E-state index contributed by atoms with van der Waals surface area (Å²) in [6, 6.07) is 2.04. The monoisotopic (exact) mass is 308 g/mol. The van der Waals surface area contributed by atoms with Crippen LogP contribution in [0.15, 0.2) is 18.2 Å². The Morgan fingerprint density at radius 2 is 2.15 bits per heavy atom. The van der Waals surface area contributed by atoms with Crippen LogP contribution in [-0.2, 0) is 15.7 Å². The molecule has 2 rings (SSSR count). The Balaban J connectivity index is 2.14. The zero-order valence-electron chi connectivity index (χ0n) is 9.75. The zero-order chi connectivity index (χ0) is 14.9. The van der Waals surface area contributed by atoms with Crippen molar-refractivity contribution in [3.63, 3.8) is 0 Å². The summed E-state index contributed by atoms with van der Waals surface area (Å²) >= 11 is 5.45. The van der Waals surface area contributed by atoms with Crippen molar-refractivity contribution in [2.75, 3.05) is 11.9 Å². The van der Waals surface area contributed by atoms with Crippen LogP contribution in [0.5, 0.6) is 0 Å². The van der Waals surface area contributed by atoms with Gasteiger partial charge in [0.25, 0.3) is 5.91 Å². The van der Waals surface area contributed by atoms with Crippen molar-refractivity contribution < 1.29 is 27.5 Å². The number of alkyl halides is 3. The minimum atomic E-state index is -4.62. The number of benzene rings is 1. The Morgan fingerprint density at radius 1 is 1.45 bits per heavy atom. The first-order valence-electron chi connectivity index (χ1n) is 5.38. The number of rotatable bonds is 2. The summed E-state index contributed by atoms with van der Waals surface area (Å²) in [5.74, 6) is -0.675. The molecular formula is C11H8ClF3N2O3. The second-order valence-electron chi connectivity index (χ2n) is 3.98. The number of alkyl carbamates (subject to hydrolysis) is 1. The van der Waals surface area contributed by atoms with Gasteiger partial charge in [-0.25, -0.2) is 4.79 Å². The molecular weight excluding hydrogens is 301 g/mol. The van der Waals surface area contributed by atoms with E-state index in [1.54, 1.807) is 0 Å². The maximum Gasteiger partial charge on any atom is 0.417 e. The van der Waals surface area contributed by atoms with Gasteiger partial charge in [0.1, 0.15) is 12.6 Å². The molecule has 0 spiro atoms. The molecule has 1 saturated heterocycles. The summed E-state index contributed by atoms with van der Waals surface area (Å²) in [6.07, 6.45) is -5.38. The molecule has 1 unspecified atom stereocenters. The van der Waals surface area contributed by atoms with Crippen molar-refractivity contribution in [1.82, 2.24) is 5.32 Å². The second-order valence-corrected chi connectivity index (χ2v) is 4.38. The Bertz CT molecular complexity index is 562. The van der Waals surface area contributed by atoms with Crippen LogP contribution in [0.3, 0.4) is 0 Å². The highest BCUT2D eigenvalue weighted by atomic mass is 35.5. The normalized spacial score (nSPS) is 18.4. The highest BCUT2D eigenvalue weighted by Gasteiger charge is 2.34. The van der Waals surface area contributed by atoms with Crippen LogP contribution in [-0.4, -0.2) is 24.6 Å². The predicted molar refractivity (Wildman–Crippen MR) is 63.4 cm³/mol. The van der Waals surface area contributed by atoms with Crippen LogP contribution in [0.4, 0.5) is 23.7 Å². The summed E-state index contributed by atoms with van der Waals surface area (Å²) in [5.41, 5.74) is -1.13. The third-order valence-electron chi connectivity index (χ3n) is 2.53. The largest absolute Gasteiger partial charge is 0.447 e. The van der Waals surface area contributed by atoms with Gasteiger partial charge in [-0.15, -0.1) is 0 Å². The van der Waals surface area contributed by atoms with Crippen LogP contribution in [0, 0.1) is 0 Å². The average molecular weight is 309 g/mol. The van der Waals surface area contributed by atoms with E-state index >= 15 is 0 Å². The number of halogens is 4. The summed E-state index contributed by atoms with van der Waals surface area (Å²) in [4.78, 5) is 22.4. The van der Waals surface area contributed by atoms with E-state index in [2.05, 4.69) is 15.4 Å². The molecule has 0 radical (unpaired) electrons. The van der Waals surface area contributed by atoms with Gasteiger partial charge >= 0.3 is 12.3 Å². The molecule has 108 valence electrons. The van der Waals surface area contributed by atoms with Crippen molar-refractivity contribution >= 4 is 29.3 Å². The Hall–Kier alpha value is -1.96. The number of anilines is 1. The predicted octanol–water partition coefficient (Wildman–Crippen LogP) is 2.41. The van der Waals surface area contributed by atoms with Gasteiger partial charge in [0.05, 0.1) is 10.6 Å². The Kier molecular flexibility index (Phi) is 3.76. The first-order valence-corrected chi connectivity index (χ1v) is 5.76. The number of amides is 2. The number of cyclic esters (lactones) is 1. The molecule has 1 heterocycles.